The third-order valence-corrected chi connectivity index (χ3v) is 4.10. The van der Waals surface area contributed by atoms with Gasteiger partial charge >= 0.3 is 0 Å². The number of hydrogen-bond acceptors (Lipinski definition) is 6. The number of nitrogens with two attached hydrogens (primary N) is 1. The van der Waals surface area contributed by atoms with Gasteiger partial charge in [0.1, 0.15) is 17.1 Å². The van der Waals surface area contributed by atoms with Crippen LogP contribution in [0.2, 0.25) is 0 Å². The summed E-state index contributed by atoms with van der Waals surface area (Å²) in [5.74, 6) is 1.03. The molecule has 3 N–H and O–H groups in total. The van der Waals surface area contributed by atoms with E-state index in [1.165, 1.54) is 0 Å². The van der Waals surface area contributed by atoms with Crippen LogP contribution in [0, 0.1) is 0 Å². The second-order valence-electron chi connectivity index (χ2n) is 5.26. The van der Waals surface area contributed by atoms with Gasteiger partial charge in [0.15, 0.2) is 11.6 Å². The van der Waals surface area contributed by atoms with Gasteiger partial charge in [-0.15, -0.1) is 10.2 Å². The van der Waals surface area contributed by atoms with E-state index in [2.05, 4.69) is 46.1 Å². The fourth-order valence-electron chi connectivity index (χ4n) is 2.39. The molecule has 25 heavy (non-hydrogen) atoms. The Hall–Kier alpha value is -3.13. The molecule has 0 fully saturated rings. The Kier molecular flexibility index (Phi) is 3.95. The number of aromatic nitrogens is 4. The van der Waals surface area contributed by atoms with Crippen LogP contribution in [0.4, 0.5) is 17.2 Å². The highest BCUT2D eigenvalue weighted by molar-refractivity contribution is 9.10. The molecule has 3 heterocycles. The Morgan fingerprint density at radius 3 is 2.68 bits per heavy atom. The fraction of sp³-hybridized carbons (Fsp3) is 0. The summed E-state index contributed by atoms with van der Waals surface area (Å²) in [6.45, 7) is 0. The lowest BCUT2D eigenvalue weighted by atomic mass is 10.1. The smallest absolute Gasteiger partial charge is 0.155 e. The first-order valence-electron chi connectivity index (χ1n) is 7.42. The van der Waals surface area contributed by atoms with E-state index in [-0.39, 0.29) is 0 Å². The number of hydrogen-bond donors (Lipinski definition) is 2. The van der Waals surface area contributed by atoms with Gasteiger partial charge in [-0.3, -0.25) is 4.98 Å². The summed E-state index contributed by atoms with van der Waals surface area (Å²) in [6.07, 6.45) is 6.78. The van der Waals surface area contributed by atoms with Gasteiger partial charge in [-0.25, -0.2) is 9.97 Å². The number of nitrogens with one attached hydrogen (secondary N) is 1. The van der Waals surface area contributed by atoms with Crippen molar-refractivity contribution < 1.29 is 0 Å². The number of benzene rings is 1. The minimum atomic E-state index is 0.328. The van der Waals surface area contributed by atoms with Crippen molar-refractivity contribution in [3.63, 3.8) is 0 Å². The maximum Gasteiger partial charge on any atom is 0.155 e. The van der Waals surface area contributed by atoms with E-state index in [4.69, 9.17) is 5.73 Å². The van der Waals surface area contributed by atoms with Gasteiger partial charge < -0.3 is 10.7 Å². The standard InChI is InChI=1S/C17H12BrN7/c18-11-2-1-10-8-23-16(19)15(13(10)7-11)25-24-12-3-4-14(22-9-12)17-20-5-6-21-17/h1-9H,(H2,19,23)(H,20,21). The lowest BCUT2D eigenvalue weighted by molar-refractivity contribution is 1.17. The minimum Gasteiger partial charge on any atom is -0.382 e. The summed E-state index contributed by atoms with van der Waals surface area (Å²) in [5.41, 5.74) is 7.87. The third-order valence-electron chi connectivity index (χ3n) is 3.61. The Morgan fingerprint density at radius 1 is 1.00 bits per heavy atom. The molecule has 0 aliphatic carbocycles. The molecule has 4 rings (SSSR count). The Morgan fingerprint density at radius 2 is 1.92 bits per heavy atom. The molecule has 0 saturated heterocycles. The number of anilines is 1. The van der Waals surface area contributed by atoms with Gasteiger partial charge in [0.05, 0.1) is 6.20 Å². The van der Waals surface area contributed by atoms with E-state index in [1.807, 2.05) is 30.3 Å². The van der Waals surface area contributed by atoms with E-state index in [0.29, 0.717) is 23.0 Å². The zero-order valence-corrected chi connectivity index (χ0v) is 14.5. The van der Waals surface area contributed by atoms with Gasteiger partial charge in [-0.05, 0) is 24.3 Å². The maximum atomic E-state index is 5.98. The molecule has 7 nitrogen and oxygen atoms in total. The molecule has 8 heteroatoms. The van der Waals surface area contributed by atoms with Crippen molar-refractivity contribution >= 4 is 43.9 Å². The molecule has 0 aliphatic rings. The first kappa shape index (κ1) is 15.4. The number of imidazole rings is 1. The molecule has 0 atom stereocenters. The first-order chi connectivity index (χ1) is 12.2. The Bertz CT molecular complexity index is 1050. The van der Waals surface area contributed by atoms with Crippen LogP contribution >= 0.6 is 15.9 Å². The zero-order chi connectivity index (χ0) is 17.2. The van der Waals surface area contributed by atoms with E-state index in [9.17, 15) is 0 Å². The van der Waals surface area contributed by atoms with Crippen LogP contribution < -0.4 is 5.73 Å². The first-order valence-corrected chi connectivity index (χ1v) is 8.21. The Balaban J connectivity index is 1.69. The number of pyridine rings is 2. The fourth-order valence-corrected chi connectivity index (χ4v) is 2.75. The summed E-state index contributed by atoms with van der Waals surface area (Å²) in [6, 6.07) is 9.48. The lowest BCUT2D eigenvalue weighted by Gasteiger charge is -2.04. The summed E-state index contributed by atoms with van der Waals surface area (Å²) >= 11 is 3.46. The molecule has 0 bridgehead atoms. The van der Waals surface area contributed by atoms with Crippen molar-refractivity contribution in [1.29, 1.82) is 0 Å². The molecule has 1 aromatic carbocycles. The second-order valence-corrected chi connectivity index (χ2v) is 6.18. The van der Waals surface area contributed by atoms with Gasteiger partial charge in [0, 0.05) is 33.8 Å². The van der Waals surface area contributed by atoms with Crippen LogP contribution in [-0.4, -0.2) is 19.9 Å². The van der Waals surface area contributed by atoms with Gasteiger partial charge in [-0.1, -0.05) is 22.0 Å². The van der Waals surface area contributed by atoms with E-state index in [0.717, 1.165) is 20.9 Å². The van der Waals surface area contributed by atoms with Crippen LogP contribution in [0.1, 0.15) is 0 Å². The van der Waals surface area contributed by atoms with Crippen LogP contribution in [-0.2, 0) is 0 Å². The molecule has 0 spiro atoms. The summed E-state index contributed by atoms with van der Waals surface area (Å²) in [4.78, 5) is 15.7. The monoisotopic (exact) mass is 393 g/mol. The largest absolute Gasteiger partial charge is 0.382 e. The quantitative estimate of drug-likeness (QED) is 0.488. The highest BCUT2D eigenvalue weighted by Gasteiger charge is 2.07. The molecular formula is C17H12BrN7. The van der Waals surface area contributed by atoms with Gasteiger partial charge in [-0.2, -0.15) is 0 Å². The summed E-state index contributed by atoms with van der Waals surface area (Å²) < 4.78 is 0.937. The average molecular weight is 394 g/mol. The van der Waals surface area contributed by atoms with Crippen molar-refractivity contribution in [1.82, 2.24) is 19.9 Å². The molecule has 122 valence electrons. The van der Waals surface area contributed by atoms with Crippen molar-refractivity contribution in [3.05, 3.63) is 59.6 Å². The number of rotatable bonds is 3. The molecule has 4 aromatic rings. The third kappa shape index (κ3) is 3.11. The number of aromatic amines is 1. The topological polar surface area (TPSA) is 105 Å². The van der Waals surface area contributed by atoms with Crippen LogP contribution in [0.25, 0.3) is 22.3 Å². The van der Waals surface area contributed by atoms with E-state index < -0.39 is 0 Å². The molecular weight excluding hydrogens is 382 g/mol. The Labute approximate surface area is 151 Å². The van der Waals surface area contributed by atoms with E-state index >= 15 is 0 Å². The van der Waals surface area contributed by atoms with Crippen LogP contribution in [0.3, 0.4) is 0 Å². The molecule has 0 unspecified atom stereocenters. The SMILES string of the molecule is Nc1ncc2ccc(Br)cc2c1N=Nc1ccc(-c2ncc[nH]2)nc1. The number of halogens is 1. The van der Waals surface area contributed by atoms with Crippen molar-refractivity contribution in [3.8, 4) is 11.5 Å². The van der Waals surface area contributed by atoms with E-state index in [1.54, 1.807) is 24.8 Å². The highest BCUT2D eigenvalue weighted by Crippen LogP contribution is 2.33. The minimum absolute atomic E-state index is 0.328. The van der Waals surface area contributed by atoms with Gasteiger partial charge in [0.25, 0.3) is 0 Å². The predicted octanol–water partition coefficient (Wildman–Crippen LogP) is 4.78. The van der Waals surface area contributed by atoms with Crippen LogP contribution in [0.15, 0.2) is 69.8 Å². The summed E-state index contributed by atoms with van der Waals surface area (Å²) in [5, 5.41) is 10.3. The number of nitrogens with zero attached hydrogens (tertiary/aromatic N) is 5. The number of azo groups is 1. The van der Waals surface area contributed by atoms with Crippen molar-refractivity contribution in [2.75, 3.05) is 5.73 Å². The van der Waals surface area contributed by atoms with Crippen molar-refractivity contribution in [2.45, 2.75) is 0 Å². The molecule has 0 saturated carbocycles. The zero-order valence-electron chi connectivity index (χ0n) is 12.9. The molecule has 0 aliphatic heterocycles. The average Bonchev–Trinajstić information content (AvgIpc) is 3.16. The number of fused-ring (bicyclic) bond motifs is 1. The number of nitrogen functional groups attached to an aromatic ring is 1. The van der Waals surface area contributed by atoms with Crippen molar-refractivity contribution in [2.24, 2.45) is 10.2 Å². The lowest BCUT2D eigenvalue weighted by Crippen LogP contribution is -1.90. The number of H-pyrrole nitrogens is 1. The normalized spacial score (nSPS) is 11.4. The molecule has 3 aromatic heterocycles. The van der Waals surface area contributed by atoms with Gasteiger partial charge in [0.2, 0.25) is 0 Å². The highest BCUT2D eigenvalue weighted by atomic mass is 79.9. The predicted molar refractivity (Wildman–Crippen MR) is 99.9 cm³/mol. The second kappa shape index (κ2) is 6.40. The molecule has 0 radical (unpaired) electrons. The maximum absolute atomic E-state index is 5.98. The summed E-state index contributed by atoms with van der Waals surface area (Å²) in [7, 11) is 0. The molecule has 0 amide bonds. The van der Waals surface area contributed by atoms with Crippen LogP contribution in [0.5, 0.6) is 0 Å².